The fourth-order valence-electron chi connectivity index (χ4n) is 2.19. The van der Waals surface area contributed by atoms with Gasteiger partial charge in [0.05, 0.1) is 7.11 Å². The Labute approximate surface area is 119 Å². The minimum atomic E-state index is -0.177. The Morgan fingerprint density at radius 2 is 1.42 bits per heavy atom. The summed E-state index contributed by atoms with van der Waals surface area (Å²) in [4.78, 5) is 11.1. The molecule has 0 saturated carbocycles. The lowest BCUT2D eigenvalue weighted by molar-refractivity contribution is -0.142. The van der Waals surface area contributed by atoms with Gasteiger partial charge in [0.15, 0.2) is 0 Å². The van der Waals surface area contributed by atoms with Gasteiger partial charge in [-0.2, -0.15) is 0 Å². The van der Waals surface area contributed by atoms with E-state index in [1.807, 2.05) is 6.92 Å². The number of hydrogen-bond acceptors (Lipinski definition) is 3. The van der Waals surface area contributed by atoms with Crippen molar-refractivity contribution in [2.75, 3.05) is 13.7 Å². The van der Waals surface area contributed by atoms with Gasteiger partial charge in [-0.05, 0) is 19.9 Å². The predicted molar refractivity (Wildman–Crippen MR) is 81.3 cm³/mol. The van der Waals surface area contributed by atoms with Crippen molar-refractivity contribution in [2.45, 2.75) is 84.1 Å². The normalized spacial score (nSPS) is 12.4. The lowest BCUT2D eigenvalue weighted by Crippen LogP contribution is -2.35. The molecule has 1 atom stereocenters. The summed E-state index contributed by atoms with van der Waals surface area (Å²) >= 11 is 0. The average Bonchev–Trinajstić information content (AvgIpc) is 2.43. The summed E-state index contributed by atoms with van der Waals surface area (Å²) < 4.78 is 4.66. The third-order valence-electron chi connectivity index (χ3n) is 3.54. The van der Waals surface area contributed by atoms with E-state index in [1.165, 1.54) is 64.9 Å². The van der Waals surface area contributed by atoms with Crippen molar-refractivity contribution < 1.29 is 9.53 Å². The number of ether oxygens (including phenoxy) is 1. The van der Waals surface area contributed by atoms with Gasteiger partial charge in [0.25, 0.3) is 0 Å². The van der Waals surface area contributed by atoms with Crippen LogP contribution in [-0.2, 0) is 9.53 Å². The van der Waals surface area contributed by atoms with Crippen molar-refractivity contribution in [3.05, 3.63) is 0 Å². The SMILES string of the molecule is CCCCCCCCCCCCN[C@@H](C)C(=O)OC. The second-order valence-corrected chi connectivity index (χ2v) is 5.38. The van der Waals surface area contributed by atoms with Gasteiger partial charge in [-0.3, -0.25) is 4.79 Å². The Hall–Kier alpha value is -0.570. The molecule has 0 unspecified atom stereocenters. The van der Waals surface area contributed by atoms with Crippen LogP contribution in [0.4, 0.5) is 0 Å². The molecule has 1 N–H and O–H groups in total. The largest absolute Gasteiger partial charge is 0.468 e. The van der Waals surface area contributed by atoms with Crippen molar-refractivity contribution >= 4 is 5.97 Å². The molecular weight excluding hydrogens is 238 g/mol. The van der Waals surface area contributed by atoms with Crippen LogP contribution < -0.4 is 5.32 Å². The monoisotopic (exact) mass is 271 g/mol. The zero-order valence-corrected chi connectivity index (χ0v) is 13.2. The van der Waals surface area contributed by atoms with Crippen LogP contribution in [-0.4, -0.2) is 25.7 Å². The van der Waals surface area contributed by atoms with E-state index < -0.39 is 0 Å². The molecule has 0 aromatic rings. The molecule has 0 spiro atoms. The molecule has 0 aromatic carbocycles. The summed E-state index contributed by atoms with van der Waals surface area (Å²) in [6, 6.07) is -0.177. The van der Waals surface area contributed by atoms with E-state index in [2.05, 4.69) is 17.0 Å². The van der Waals surface area contributed by atoms with Gasteiger partial charge < -0.3 is 10.1 Å². The molecule has 3 heteroatoms. The van der Waals surface area contributed by atoms with E-state index in [0.717, 1.165) is 13.0 Å². The van der Waals surface area contributed by atoms with Crippen LogP contribution in [0, 0.1) is 0 Å². The fourth-order valence-corrected chi connectivity index (χ4v) is 2.19. The number of nitrogens with one attached hydrogen (secondary N) is 1. The van der Waals surface area contributed by atoms with Gasteiger partial charge in [-0.25, -0.2) is 0 Å². The summed E-state index contributed by atoms with van der Waals surface area (Å²) in [6.07, 6.45) is 13.4. The van der Waals surface area contributed by atoms with E-state index in [1.54, 1.807) is 0 Å². The maximum Gasteiger partial charge on any atom is 0.322 e. The van der Waals surface area contributed by atoms with Gasteiger partial charge in [0.1, 0.15) is 6.04 Å². The lowest BCUT2D eigenvalue weighted by Gasteiger charge is -2.10. The minimum Gasteiger partial charge on any atom is -0.468 e. The molecule has 0 aliphatic carbocycles. The Kier molecular flexibility index (Phi) is 13.4. The number of carbonyl (C=O) groups is 1. The zero-order chi connectivity index (χ0) is 14.3. The van der Waals surface area contributed by atoms with Crippen LogP contribution in [0.3, 0.4) is 0 Å². The Bertz CT molecular complexity index is 207. The van der Waals surface area contributed by atoms with E-state index in [0.29, 0.717) is 0 Å². The molecule has 0 aromatic heterocycles. The maximum absolute atomic E-state index is 11.1. The first kappa shape index (κ1) is 18.4. The number of carbonyl (C=O) groups excluding carboxylic acids is 1. The molecule has 0 amide bonds. The zero-order valence-electron chi connectivity index (χ0n) is 13.2. The molecule has 0 aliphatic heterocycles. The highest BCUT2D eigenvalue weighted by molar-refractivity contribution is 5.74. The van der Waals surface area contributed by atoms with Crippen molar-refractivity contribution in [1.29, 1.82) is 0 Å². The van der Waals surface area contributed by atoms with E-state index in [4.69, 9.17) is 0 Å². The second kappa shape index (κ2) is 13.9. The Balaban J connectivity index is 3.12. The predicted octanol–water partition coefficient (Wildman–Crippen LogP) is 4.06. The Morgan fingerprint density at radius 1 is 0.947 bits per heavy atom. The molecular formula is C16H33NO2. The first-order valence-electron chi connectivity index (χ1n) is 8.03. The standard InChI is InChI=1S/C16H33NO2/c1-4-5-6-7-8-9-10-11-12-13-14-17-15(2)16(18)19-3/h15,17H,4-14H2,1-3H3/t15-/m0/s1. The molecule has 19 heavy (non-hydrogen) atoms. The quantitative estimate of drug-likeness (QED) is 0.405. The van der Waals surface area contributed by atoms with E-state index in [9.17, 15) is 4.79 Å². The number of esters is 1. The van der Waals surface area contributed by atoms with Crippen LogP contribution >= 0.6 is 0 Å². The molecule has 0 saturated heterocycles. The van der Waals surface area contributed by atoms with Gasteiger partial charge in [0, 0.05) is 0 Å². The summed E-state index contributed by atoms with van der Waals surface area (Å²) in [7, 11) is 1.43. The molecule has 0 heterocycles. The first-order chi connectivity index (χ1) is 9.22. The summed E-state index contributed by atoms with van der Waals surface area (Å²) in [5.74, 6) is -0.174. The second-order valence-electron chi connectivity index (χ2n) is 5.38. The van der Waals surface area contributed by atoms with E-state index >= 15 is 0 Å². The minimum absolute atomic E-state index is 0.174. The Morgan fingerprint density at radius 3 is 1.89 bits per heavy atom. The van der Waals surface area contributed by atoms with E-state index in [-0.39, 0.29) is 12.0 Å². The fraction of sp³-hybridized carbons (Fsp3) is 0.938. The molecule has 3 nitrogen and oxygen atoms in total. The van der Waals surface area contributed by atoms with Gasteiger partial charge in [0.2, 0.25) is 0 Å². The van der Waals surface area contributed by atoms with Gasteiger partial charge in [-0.15, -0.1) is 0 Å². The average molecular weight is 271 g/mol. The highest BCUT2D eigenvalue weighted by Gasteiger charge is 2.10. The smallest absolute Gasteiger partial charge is 0.322 e. The van der Waals surface area contributed by atoms with Crippen LogP contribution in [0.2, 0.25) is 0 Å². The van der Waals surface area contributed by atoms with Crippen LogP contribution in [0.5, 0.6) is 0 Å². The lowest BCUT2D eigenvalue weighted by atomic mass is 10.1. The summed E-state index contributed by atoms with van der Waals surface area (Å²) in [5, 5.41) is 3.18. The molecule has 0 fully saturated rings. The van der Waals surface area contributed by atoms with Crippen molar-refractivity contribution in [3.63, 3.8) is 0 Å². The first-order valence-corrected chi connectivity index (χ1v) is 8.03. The number of methoxy groups -OCH3 is 1. The third-order valence-corrected chi connectivity index (χ3v) is 3.54. The van der Waals surface area contributed by atoms with Gasteiger partial charge in [-0.1, -0.05) is 64.7 Å². The summed E-state index contributed by atoms with van der Waals surface area (Å²) in [6.45, 7) is 5.02. The van der Waals surface area contributed by atoms with Crippen molar-refractivity contribution in [1.82, 2.24) is 5.32 Å². The highest BCUT2D eigenvalue weighted by atomic mass is 16.5. The number of rotatable bonds is 13. The number of hydrogen-bond donors (Lipinski definition) is 1. The molecule has 0 bridgehead atoms. The number of unbranched alkanes of at least 4 members (excludes halogenated alkanes) is 9. The van der Waals surface area contributed by atoms with Crippen LogP contribution in [0.15, 0.2) is 0 Å². The van der Waals surface area contributed by atoms with Gasteiger partial charge >= 0.3 is 5.97 Å². The molecule has 0 rings (SSSR count). The van der Waals surface area contributed by atoms with Crippen LogP contribution in [0.1, 0.15) is 78.1 Å². The van der Waals surface area contributed by atoms with Crippen LogP contribution in [0.25, 0.3) is 0 Å². The third kappa shape index (κ3) is 12.2. The topological polar surface area (TPSA) is 38.3 Å². The molecule has 0 aliphatic rings. The summed E-state index contributed by atoms with van der Waals surface area (Å²) in [5.41, 5.74) is 0. The maximum atomic E-state index is 11.1. The van der Waals surface area contributed by atoms with Crippen molar-refractivity contribution in [3.8, 4) is 0 Å². The van der Waals surface area contributed by atoms with Crippen molar-refractivity contribution in [2.24, 2.45) is 0 Å². The molecule has 114 valence electrons. The highest BCUT2D eigenvalue weighted by Crippen LogP contribution is 2.10. The molecule has 0 radical (unpaired) electrons.